The number of sulfone groups is 1. The Morgan fingerprint density at radius 1 is 0.574 bits per heavy atom. The number of nitro benzene ring substituents is 2. The number of aliphatic hydroxyl groups is 2. The summed E-state index contributed by atoms with van der Waals surface area (Å²) in [5, 5.41) is 43.3. The molecule has 1 saturated heterocycles. The van der Waals surface area contributed by atoms with Gasteiger partial charge in [0, 0.05) is 24.3 Å². The maximum Gasteiger partial charge on any atom is 0.269 e. The molecule has 6 atom stereocenters. The van der Waals surface area contributed by atoms with E-state index in [1.54, 1.807) is 72.8 Å². The topological polar surface area (TPSA) is 179 Å². The molecule has 12 nitrogen and oxygen atoms in total. The van der Waals surface area contributed by atoms with Crippen LogP contribution in [-0.2, 0) is 45.4 Å². The zero-order chi connectivity index (χ0) is 33.6. The highest BCUT2D eigenvalue weighted by atomic mass is 32.2. The maximum absolute atomic E-state index is 14.8. The smallest absolute Gasteiger partial charge is 0.269 e. The van der Waals surface area contributed by atoms with Crippen molar-refractivity contribution < 1.29 is 38.0 Å². The number of hydrogen-bond acceptors (Lipinski definition) is 10. The number of rotatable bonds is 12. The zero-order valence-electron chi connectivity index (χ0n) is 25.1. The molecule has 0 saturated carbocycles. The largest absolute Gasteiger partial charge is 0.388 e. The van der Waals surface area contributed by atoms with E-state index >= 15 is 0 Å². The van der Waals surface area contributed by atoms with E-state index in [0.29, 0.717) is 22.3 Å². The molecular formula is C34H34N2O10S. The van der Waals surface area contributed by atoms with Gasteiger partial charge in [-0.3, -0.25) is 20.2 Å². The van der Waals surface area contributed by atoms with Crippen molar-refractivity contribution in [3.63, 3.8) is 0 Å². The molecule has 0 radical (unpaired) electrons. The van der Waals surface area contributed by atoms with E-state index in [9.17, 15) is 38.9 Å². The van der Waals surface area contributed by atoms with Crippen LogP contribution >= 0.6 is 0 Å². The maximum atomic E-state index is 14.8. The molecule has 0 bridgehead atoms. The summed E-state index contributed by atoms with van der Waals surface area (Å²) in [6.45, 7) is -0.557. The molecule has 0 unspecified atom stereocenters. The van der Waals surface area contributed by atoms with E-state index in [2.05, 4.69) is 0 Å². The molecule has 1 heterocycles. The van der Waals surface area contributed by atoms with E-state index in [1.165, 1.54) is 36.4 Å². The van der Waals surface area contributed by atoms with Crippen molar-refractivity contribution in [1.82, 2.24) is 0 Å². The van der Waals surface area contributed by atoms with Gasteiger partial charge in [-0.25, -0.2) is 8.42 Å². The van der Waals surface area contributed by atoms with E-state index in [4.69, 9.17) is 9.47 Å². The highest BCUT2D eigenvalue weighted by Crippen LogP contribution is 2.35. The number of ether oxygens (including phenoxy) is 2. The lowest BCUT2D eigenvalue weighted by Gasteiger charge is -2.30. The Bertz CT molecular complexity index is 1660. The van der Waals surface area contributed by atoms with Gasteiger partial charge in [-0.15, -0.1) is 0 Å². The Kier molecular flexibility index (Phi) is 10.7. The third-order valence-corrected chi connectivity index (χ3v) is 10.8. The van der Waals surface area contributed by atoms with Crippen LogP contribution in [0, 0.1) is 20.2 Å². The fourth-order valence-corrected chi connectivity index (χ4v) is 8.43. The molecule has 13 heteroatoms. The zero-order valence-corrected chi connectivity index (χ0v) is 26.0. The Morgan fingerprint density at radius 3 is 1.30 bits per heavy atom. The molecule has 4 aromatic rings. The average molecular weight is 663 g/mol. The molecule has 4 aromatic carbocycles. The number of nitro groups is 2. The summed E-state index contributed by atoms with van der Waals surface area (Å²) in [5.41, 5.74) is 1.69. The minimum absolute atomic E-state index is 0.0601. The summed E-state index contributed by atoms with van der Waals surface area (Å²) in [5.74, 6) is 0. The van der Waals surface area contributed by atoms with E-state index in [0.717, 1.165) is 0 Å². The molecular weight excluding hydrogens is 628 g/mol. The Labute approximate surface area is 271 Å². The van der Waals surface area contributed by atoms with Gasteiger partial charge >= 0.3 is 0 Å². The molecule has 0 amide bonds. The van der Waals surface area contributed by atoms with Gasteiger partial charge in [0.15, 0.2) is 9.84 Å². The lowest BCUT2D eigenvalue weighted by molar-refractivity contribution is -0.385. The fraction of sp³-hybridized carbons (Fsp3) is 0.294. The third kappa shape index (κ3) is 8.07. The van der Waals surface area contributed by atoms with Gasteiger partial charge in [-0.05, 0) is 35.1 Å². The number of non-ortho nitro benzene ring substituents is 2. The quantitative estimate of drug-likeness (QED) is 0.164. The average Bonchev–Trinajstić information content (AvgIpc) is 3.12. The second-order valence-electron chi connectivity index (χ2n) is 11.4. The first kappa shape index (κ1) is 33.8. The van der Waals surface area contributed by atoms with Gasteiger partial charge in [0.05, 0.1) is 33.6 Å². The summed E-state index contributed by atoms with van der Waals surface area (Å²) in [7, 11) is -4.30. The Morgan fingerprint density at radius 2 is 0.936 bits per heavy atom. The molecule has 2 N–H and O–H groups in total. The Balaban J connectivity index is 1.55. The van der Waals surface area contributed by atoms with Crippen LogP contribution < -0.4 is 0 Å². The van der Waals surface area contributed by atoms with Gasteiger partial charge in [0.1, 0.15) is 24.4 Å². The second kappa shape index (κ2) is 14.9. The predicted molar refractivity (Wildman–Crippen MR) is 172 cm³/mol. The number of nitrogens with zero attached hydrogens (tertiary/aromatic N) is 2. The first-order valence-electron chi connectivity index (χ1n) is 14.9. The first-order chi connectivity index (χ1) is 22.5. The van der Waals surface area contributed by atoms with Gasteiger partial charge in [0.2, 0.25) is 0 Å². The second-order valence-corrected chi connectivity index (χ2v) is 13.8. The lowest BCUT2D eigenvalue weighted by Crippen LogP contribution is -2.49. The van der Waals surface area contributed by atoms with Gasteiger partial charge < -0.3 is 19.7 Å². The standard InChI is InChI=1S/C34H34N2O10S/c37-31-32(38)34(46-22-26-14-8-16-28(18-26)36(41)42)30(20-24-11-5-2-6-12-24)47(43,44)29(19-23-9-3-1-4-10-23)33(31)45-21-25-13-7-15-27(17-25)35(39)40/h1-18,29-34,37-38H,19-22H2/t29-,30-,31-,32-,33+,34+/m1/s1. The lowest BCUT2D eigenvalue weighted by atomic mass is 9.94. The SMILES string of the molecule is O=[N+]([O-])c1cccc(CO[C@@H]2[C@H](O)[C@@H](O)[C@@H](OCc3cccc([N+](=O)[O-])c3)[C@@H](Cc3ccccc3)S(=O)(=O)[C@@H]2Cc2ccccc2)c1. The van der Waals surface area contributed by atoms with Crippen LogP contribution in [-0.4, -0.2) is 63.4 Å². The van der Waals surface area contributed by atoms with Crippen LogP contribution in [0.2, 0.25) is 0 Å². The molecule has 5 rings (SSSR count). The highest BCUT2D eigenvalue weighted by molar-refractivity contribution is 7.92. The Hall–Kier alpha value is -4.53. The minimum atomic E-state index is -4.30. The molecule has 1 fully saturated rings. The minimum Gasteiger partial charge on any atom is -0.388 e. The summed E-state index contributed by atoms with van der Waals surface area (Å²) < 4.78 is 41.8. The van der Waals surface area contributed by atoms with Crippen LogP contribution in [0.15, 0.2) is 109 Å². The van der Waals surface area contributed by atoms with Crippen LogP contribution in [0.5, 0.6) is 0 Å². The van der Waals surface area contributed by atoms with Crippen molar-refractivity contribution in [2.24, 2.45) is 0 Å². The normalized spacial score (nSPS) is 23.9. The predicted octanol–water partition coefficient (Wildman–Crippen LogP) is 4.35. The van der Waals surface area contributed by atoms with E-state index in [1.807, 2.05) is 0 Å². The number of benzene rings is 4. The van der Waals surface area contributed by atoms with Crippen LogP contribution in [0.3, 0.4) is 0 Å². The van der Waals surface area contributed by atoms with Crippen molar-refractivity contribution in [1.29, 1.82) is 0 Å². The van der Waals surface area contributed by atoms with Gasteiger partial charge in [-0.1, -0.05) is 84.9 Å². The van der Waals surface area contributed by atoms with Crippen molar-refractivity contribution in [2.45, 2.75) is 61.0 Å². The number of hydrogen-bond donors (Lipinski definition) is 2. The van der Waals surface area contributed by atoms with E-state index < -0.39 is 54.6 Å². The summed E-state index contributed by atoms with van der Waals surface area (Å²) >= 11 is 0. The molecule has 1 aliphatic rings. The van der Waals surface area contributed by atoms with Gasteiger partial charge in [-0.2, -0.15) is 0 Å². The van der Waals surface area contributed by atoms with Gasteiger partial charge in [0.25, 0.3) is 11.4 Å². The highest BCUT2D eigenvalue weighted by Gasteiger charge is 2.54. The molecule has 47 heavy (non-hydrogen) atoms. The molecule has 0 aliphatic carbocycles. The van der Waals surface area contributed by atoms with Crippen LogP contribution in [0.25, 0.3) is 0 Å². The molecule has 246 valence electrons. The van der Waals surface area contributed by atoms with Crippen molar-refractivity contribution >= 4 is 21.2 Å². The van der Waals surface area contributed by atoms with Crippen LogP contribution in [0.4, 0.5) is 11.4 Å². The number of aliphatic hydroxyl groups excluding tert-OH is 2. The fourth-order valence-electron chi connectivity index (χ4n) is 5.90. The molecule has 1 aliphatic heterocycles. The summed E-state index contributed by atoms with van der Waals surface area (Å²) in [4.78, 5) is 21.6. The van der Waals surface area contributed by atoms with Crippen molar-refractivity contribution in [2.75, 3.05) is 0 Å². The molecule has 0 spiro atoms. The first-order valence-corrected chi connectivity index (χ1v) is 16.5. The van der Waals surface area contributed by atoms with Crippen molar-refractivity contribution in [3.8, 4) is 0 Å². The van der Waals surface area contributed by atoms with Crippen LogP contribution in [0.1, 0.15) is 22.3 Å². The van der Waals surface area contributed by atoms with Crippen molar-refractivity contribution in [3.05, 3.63) is 152 Å². The summed E-state index contributed by atoms with van der Waals surface area (Å²) in [6, 6.07) is 28.9. The molecule has 0 aromatic heterocycles. The van der Waals surface area contributed by atoms with E-state index in [-0.39, 0.29) is 37.4 Å². The monoisotopic (exact) mass is 662 g/mol. The third-order valence-electron chi connectivity index (χ3n) is 8.29. The summed E-state index contributed by atoms with van der Waals surface area (Å²) in [6.07, 6.45) is -6.55.